The molecule has 1 aliphatic heterocycles. The van der Waals surface area contributed by atoms with E-state index in [9.17, 15) is 9.70 Å². The summed E-state index contributed by atoms with van der Waals surface area (Å²) < 4.78 is 0. The Labute approximate surface area is 112 Å². The van der Waals surface area contributed by atoms with E-state index < -0.39 is 5.54 Å². The lowest BCUT2D eigenvalue weighted by Crippen LogP contribution is -2.24. The molecular weight excluding hydrogens is 240 g/mol. The third-order valence-corrected chi connectivity index (χ3v) is 4.72. The molecule has 2 atom stereocenters. The van der Waals surface area contributed by atoms with Crippen molar-refractivity contribution in [2.45, 2.75) is 18.4 Å². The van der Waals surface area contributed by atoms with Crippen LogP contribution in [0, 0.1) is 16.7 Å². The van der Waals surface area contributed by atoms with Gasteiger partial charge in [-0.1, -0.05) is 29.4 Å². The smallest absolute Gasteiger partial charge is 0.150 e. The van der Waals surface area contributed by atoms with Gasteiger partial charge in [0.05, 0.1) is 0 Å². The zero-order chi connectivity index (χ0) is 13.5. The molecular formula is C15H18N2O2. The molecule has 0 aromatic heterocycles. The molecule has 0 spiro atoms. The molecule has 1 heterocycles. The van der Waals surface area contributed by atoms with Crippen LogP contribution in [0.15, 0.2) is 29.4 Å². The second-order valence-electron chi connectivity index (χ2n) is 6.01. The van der Waals surface area contributed by atoms with Crippen LogP contribution in [-0.4, -0.2) is 31.3 Å². The molecule has 1 aromatic rings. The maximum absolute atomic E-state index is 11.5. The van der Waals surface area contributed by atoms with Gasteiger partial charge >= 0.3 is 0 Å². The van der Waals surface area contributed by atoms with Gasteiger partial charge in [-0.25, -0.2) is 0 Å². The molecule has 2 unspecified atom stereocenters. The van der Waals surface area contributed by atoms with Crippen LogP contribution in [0.25, 0.3) is 0 Å². The summed E-state index contributed by atoms with van der Waals surface area (Å²) in [6.07, 6.45) is 2.50. The lowest BCUT2D eigenvalue weighted by Gasteiger charge is -2.23. The number of hydrogen-bond acceptors (Lipinski definition) is 4. The first-order chi connectivity index (χ1) is 9.16. The molecule has 1 saturated heterocycles. The first-order valence-electron chi connectivity index (χ1n) is 6.76. The average Bonchev–Trinajstić information content (AvgIpc) is 2.93. The quantitative estimate of drug-likeness (QED) is 0.618. The van der Waals surface area contributed by atoms with Crippen LogP contribution >= 0.6 is 0 Å². The molecule has 0 bridgehead atoms. The highest BCUT2D eigenvalue weighted by atomic mass is 16.3. The second-order valence-corrected chi connectivity index (χ2v) is 6.01. The Hall–Kier alpha value is -1.55. The van der Waals surface area contributed by atoms with Gasteiger partial charge in [0.1, 0.15) is 11.8 Å². The van der Waals surface area contributed by atoms with Crippen LogP contribution in [0.1, 0.15) is 28.8 Å². The van der Waals surface area contributed by atoms with E-state index in [0.717, 1.165) is 37.8 Å². The number of nitroso groups, excluding NO2 is 1. The normalized spacial score (nSPS) is 34.2. The summed E-state index contributed by atoms with van der Waals surface area (Å²) in [5.74, 6) is 1.15. The topological polar surface area (TPSA) is 49.7 Å². The van der Waals surface area contributed by atoms with E-state index in [-0.39, 0.29) is 0 Å². The zero-order valence-electron chi connectivity index (χ0n) is 11.1. The van der Waals surface area contributed by atoms with E-state index in [4.69, 9.17) is 0 Å². The largest absolute Gasteiger partial charge is 0.306 e. The van der Waals surface area contributed by atoms with Crippen LogP contribution in [0.2, 0.25) is 0 Å². The predicted molar refractivity (Wildman–Crippen MR) is 73.0 cm³/mol. The minimum Gasteiger partial charge on any atom is -0.306 e. The summed E-state index contributed by atoms with van der Waals surface area (Å²) in [5, 5.41) is 3.50. The van der Waals surface area contributed by atoms with Gasteiger partial charge in [0.15, 0.2) is 0 Å². The third kappa shape index (κ3) is 2.00. The fraction of sp³-hybridized carbons (Fsp3) is 0.533. The standard InChI is InChI=1S/C15H18N2O2/c1-17-8-12-6-15(16-19,7-13(12)9-17)14-4-2-11(10-18)3-5-14/h2-5,10,12-13H,6-9H2,1H3. The van der Waals surface area contributed by atoms with Crippen LogP contribution < -0.4 is 0 Å². The van der Waals surface area contributed by atoms with Gasteiger partial charge < -0.3 is 4.90 Å². The van der Waals surface area contributed by atoms with Crippen LogP contribution in [0.4, 0.5) is 0 Å². The zero-order valence-corrected chi connectivity index (χ0v) is 11.1. The number of carbonyl (C=O) groups excluding carboxylic acids is 1. The average molecular weight is 258 g/mol. The summed E-state index contributed by atoms with van der Waals surface area (Å²) in [4.78, 5) is 24.5. The molecule has 2 fully saturated rings. The highest BCUT2D eigenvalue weighted by molar-refractivity contribution is 5.74. The molecule has 3 rings (SSSR count). The number of likely N-dealkylation sites (tertiary alicyclic amines) is 1. The lowest BCUT2D eigenvalue weighted by molar-refractivity contribution is 0.112. The molecule has 1 aliphatic carbocycles. The fourth-order valence-electron chi connectivity index (χ4n) is 3.82. The molecule has 4 nitrogen and oxygen atoms in total. The molecule has 2 aliphatic rings. The van der Waals surface area contributed by atoms with E-state index in [2.05, 4.69) is 17.1 Å². The van der Waals surface area contributed by atoms with Crippen molar-refractivity contribution in [1.29, 1.82) is 0 Å². The minimum absolute atomic E-state index is 0.571. The Balaban J connectivity index is 1.88. The number of carbonyl (C=O) groups is 1. The SMILES string of the molecule is CN1CC2CC(N=O)(c3ccc(C=O)cc3)CC2C1. The minimum atomic E-state index is -0.571. The number of hydrogen-bond donors (Lipinski definition) is 0. The van der Waals surface area contributed by atoms with Gasteiger partial charge in [-0.05, 0) is 37.3 Å². The molecule has 4 heteroatoms. The van der Waals surface area contributed by atoms with Crippen molar-refractivity contribution in [3.8, 4) is 0 Å². The third-order valence-electron chi connectivity index (χ3n) is 4.72. The van der Waals surface area contributed by atoms with E-state index in [1.165, 1.54) is 0 Å². The van der Waals surface area contributed by atoms with Crippen molar-refractivity contribution in [3.05, 3.63) is 40.3 Å². The fourth-order valence-corrected chi connectivity index (χ4v) is 3.82. The summed E-state index contributed by atoms with van der Waals surface area (Å²) in [6, 6.07) is 7.32. The predicted octanol–water partition coefficient (Wildman–Crippen LogP) is 2.43. The van der Waals surface area contributed by atoms with E-state index in [0.29, 0.717) is 17.4 Å². The molecule has 0 amide bonds. The van der Waals surface area contributed by atoms with Gasteiger partial charge in [0.25, 0.3) is 0 Å². The van der Waals surface area contributed by atoms with Crippen molar-refractivity contribution < 1.29 is 4.79 Å². The van der Waals surface area contributed by atoms with Crippen molar-refractivity contribution in [2.24, 2.45) is 17.0 Å². The van der Waals surface area contributed by atoms with Gasteiger partial charge in [0.2, 0.25) is 0 Å². The molecule has 0 N–H and O–H groups in total. The number of rotatable bonds is 3. The van der Waals surface area contributed by atoms with E-state index >= 15 is 0 Å². The monoisotopic (exact) mass is 258 g/mol. The van der Waals surface area contributed by atoms with E-state index in [1.54, 1.807) is 12.1 Å². The maximum Gasteiger partial charge on any atom is 0.150 e. The number of nitrogens with zero attached hydrogens (tertiary/aromatic N) is 2. The highest BCUT2D eigenvalue weighted by Crippen LogP contribution is 2.50. The molecule has 19 heavy (non-hydrogen) atoms. The van der Waals surface area contributed by atoms with Crippen LogP contribution in [0.5, 0.6) is 0 Å². The first kappa shape index (κ1) is 12.5. The van der Waals surface area contributed by atoms with Crippen molar-refractivity contribution in [2.75, 3.05) is 20.1 Å². The summed E-state index contributed by atoms with van der Waals surface area (Å²) in [6.45, 7) is 2.13. The Morgan fingerprint density at radius 1 is 1.21 bits per heavy atom. The Morgan fingerprint density at radius 2 is 1.79 bits per heavy atom. The summed E-state index contributed by atoms with van der Waals surface area (Å²) in [7, 11) is 2.13. The highest BCUT2D eigenvalue weighted by Gasteiger charge is 2.50. The molecule has 1 saturated carbocycles. The van der Waals surface area contributed by atoms with Gasteiger partial charge in [0, 0.05) is 18.7 Å². The summed E-state index contributed by atoms with van der Waals surface area (Å²) in [5.41, 5.74) is 1.03. The first-order valence-corrected chi connectivity index (χ1v) is 6.76. The number of benzene rings is 1. The molecule has 0 radical (unpaired) electrons. The van der Waals surface area contributed by atoms with E-state index in [1.807, 2.05) is 12.1 Å². The van der Waals surface area contributed by atoms with Crippen molar-refractivity contribution >= 4 is 6.29 Å². The Morgan fingerprint density at radius 3 is 2.26 bits per heavy atom. The Kier molecular flexibility index (Phi) is 2.97. The second kappa shape index (κ2) is 4.53. The lowest BCUT2D eigenvalue weighted by atomic mass is 9.87. The number of fused-ring (bicyclic) bond motifs is 1. The van der Waals surface area contributed by atoms with Gasteiger partial charge in [-0.15, -0.1) is 4.91 Å². The molecule has 100 valence electrons. The number of aldehydes is 1. The van der Waals surface area contributed by atoms with Crippen molar-refractivity contribution in [1.82, 2.24) is 4.90 Å². The Bertz CT molecular complexity index is 483. The molecule has 1 aromatic carbocycles. The van der Waals surface area contributed by atoms with Gasteiger partial charge in [-0.2, -0.15) is 0 Å². The van der Waals surface area contributed by atoms with Gasteiger partial charge in [-0.3, -0.25) is 4.79 Å². The summed E-state index contributed by atoms with van der Waals surface area (Å²) >= 11 is 0. The maximum atomic E-state index is 11.5. The van der Waals surface area contributed by atoms with Crippen LogP contribution in [0.3, 0.4) is 0 Å². The van der Waals surface area contributed by atoms with Crippen LogP contribution in [-0.2, 0) is 5.54 Å². The van der Waals surface area contributed by atoms with Crippen molar-refractivity contribution in [3.63, 3.8) is 0 Å².